The SMILES string of the molecule is N=c1c(C(=O)NCc2ccco2)cc2c(=O)n3ccccc3nc2n1Cc1ccncc1. The summed E-state index contributed by atoms with van der Waals surface area (Å²) in [4.78, 5) is 34.8. The van der Waals surface area contributed by atoms with Gasteiger partial charge in [0.15, 0.2) is 0 Å². The molecule has 0 aliphatic heterocycles. The minimum absolute atomic E-state index is 0.0431. The average Bonchev–Trinajstić information content (AvgIpc) is 3.34. The lowest BCUT2D eigenvalue weighted by Crippen LogP contribution is -2.35. The summed E-state index contributed by atoms with van der Waals surface area (Å²) in [6, 6.07) is 13.8. The first-order valence-corrected chi connectivity index (χ1v) is 9.91. The van der Waals surface area contributed by atoms with E-state index in [0.29, 0.717) is 17.1 Å². The number of carbonyl (C=O) groups excluding carboxylic acids is 1. The van der Waals surface area contributed by atoms with Gasteiger partial charge in [0.2, 0.25) is 0 Å². The predicted molar refractivity (Wildman–Crippen MR) is 116 cm³/mol. The van der Waals surface area contributed by atoms with Crippen molar-refractivity contribution in [1.29, 1.82) is 5.41 Å². The molecule has 9 nitrogen and oxygen atoms in total. The van der Waals surface area contributed by atoms with Gasteiger partial charge in [-0.2, -0.15) is 0 Å². The Hall–Kier alpha value is -4.53. The van der Waals surface area contributed by atoms with Crippen molar-refractivity contribution in [3.8, 4) is 0 Å². The molecule has 5 rings (SSSR count). The van der Waals surface area contributed by atoms with Crippen LogP contribution in [0.1, 0.15) is 21.7 Å². The van der Waals surface area contributed by atoms with E-state index in [2.05, 4.69) is 15.3 Å². The molecule has 9 heteroatoms. The molecule has 0 aliphatic rings. The van der Waals surface area contributed by atoms with Crippen molar-refractivity contribution in [2.45, 2.75) is 13.1 Å². The van der Waals surface area contributed by atoms with Crippen LogP contribution < -0.4 is 16.4 Å². The first-order chi connectivity index (χ1) is 15.6. The van der Waals surface area contributed by atoms with Gasteiger partial charge < -0.3 is 14.3 Å². The van der Waals surface area contributed by atoms with Gasteiger partial charge >= 0.3 is 0 Å². The maximum atomic E-state index is 13.2. The lowest BCUT2D eigenvalue weighted by Gasteiger charge is -2.14. The molecule has 5 heterocycles. The molecule has 0 radical (unpaired) electrons. The summed E-state index contributed by atoms with van der Waals surface area (Å²) >= 11 is 0. The predicted octanol–water partition coefficient (Wildman–Crippen LogP) is 2.09. The number of carbonyl (C=O) groups is 1. The van der Waals surface area contributed by atoms with Crippen molar-refractivity contribution in [3.63, 3.8) is 0 Å². The first kappa shape index (κ1) is 19.4. The molecule has 0 fully saturated rings. The molecule has 2 N–H and O–H groups in total. The number of hydrogen-bond acceptors (Lipinski definition) is 6. The third kappa shape index (κ3) is 3.45. The summed E-state index contributed by atoms with van der Waals surface area (Å²) < 4.78 is 8.25. The maximum absolute atomic E-state index is 13.2. The van der Waals surface area contributed by atoms with Gasteiger partial charge in [0.05, 0.1) is 30.3 Å². The lowest BCUT2D eigenvalue weighted by atomic mass is 10.1. The van der Waals surface area contributed by atoms with Gasteiger partial charge in [-0.1, -0.05) is 6.07 Å². The van der Waals surface area contributed by atoms with Gasteiger partial charge in [-0.3, -0.25) is 24.4 Å². The maximum Gasteiger partial charge on any atom is 0.267 e. The largest absolute Gasteiger partial charge is 0.467 e. The molecule has 0 saturated heterocycles. The van der Waals surface area contributed by atoms with Gasteiger partial charge in [-0.05, 0) is 48.0 Å². The van der Waals surface area contributed by atoms with Crippen LogP contribution in [0, 0.1) is 5.41 Å². The Kier molecular flexibility index (Phi) is 4.83. The molecular formula is C23H18N6O3. The molecule has 0 saturated carbocycles. The van der Waals surface area contributed by atoms with Gasteiger partial charge in [-0.25, -0.2) is 4.98 Å². The number of nitrogens with one attached hydrogen (secondary N) is 2. The number of furan rings is 1. The van der Waals surface area contributed by atoms with Crippen LogP contribution in [0.4, 0.5) is 0 Å². The van der Waals surface area contributed by atoms with Crippen LogP contribution in [0.5, 0.6) is 0 Å². The fourth-order valence-corrected chi connectivity index (χ4v) is 3.56. The van der Waals surface area contributed by atoms with E-state index in [9.17, 15) is 9.59 Å². The molecule has 5 aromatic rings. The first-order valence-electron chi connectivity index (χ1n) is 9.91. The van der Waals surface area contributed by atoms with Gasteiger partial charge in [0, 0.05) is 18.6 Å². The van der Waals surface area contributed by atoms with Crippen molar-refractivity contribution in [2.24, 2.45) is 0 Å². The molecule has 5 aromatic heterocycles. The fourth-order valence-electron chi connectivity index (χ4n) is 3.56. The van der Waals surface area contributed by atoms with Crippen LogP contribution in [0.15, 0.2) is 82.6 Å². The summed E-state index contributed by atoms with van der Waals surface area (Å²) in [5, 5.41) is 11.8. The van der Waals surface area contributed by atoms with E-state index in [4.69, 9.17) is 9.83 Å². The van der Waals surface area contributed by atoms with Crippen molar-refractivity contribution in [1.82, 2.24) is 24.3 Å². The Morgan fingerprint density at radius 2 is 1.97 bits per heavy atom. The number of fused-ring (bicyclic) bond motifs is 2. The van der Waals surface area contributed by atoms with E-state index in [1.165, 1.54) is 16.7 Å². The minimum Gasteiger partial charge on any atom is -0.467 e. The van der Waals surface area contributed by atoms with E-state index >= 15 is 0 Å². The van der Waals surface area contributed by atoms with E-state index in [1.54, 1.807) is 53.5 Å². The second-order valence-electron chi connectivity index (χ2n) is 7.19. The Balaban J connectivity index is 1.70. The highest BCUT2D eigenvalue weighted by Crippen LogP contribution is 2.12. The van der Waals surface area contributed by atoms with Crippen molar-refractivity contribution >= 4 is 22.6 Å². The van der Waals surface area contributed by atoms with Gasteiger partial charge in [0.25, 0.3) is 11.5 Å². The van der Waals surface area contributed by atoms with E-state index in [0.717, 1.165) is 5.56 Å². The van der Waals surface area contributed by atoms with Crippen molar-refractivity contribution in [2.75, 3.05) is 0 Å². The summed E-state index contributed by atoms with van der Waals surface area (Å²) in [5.74, 6) is 0.109. The zero-order valence-corrected chi connectivity index (χ0v) is 16.9. The average molecular weight is 426 g/mol. The molecular weight excluding hydrogens is 408 g/mol. The molecule has 0 atom stereocenters. The van der Waals surface area contributed by atoms with Crippen LogP contribution in [0.25, 0.3) is 16.7 Å². The van der Waals surface area contributed by atoms with Gasteiger partial charge in [0.1, 0.15) is 22.5 Å². The zero-order valence-electron chi connectivity index (χ0n) is 16.9. The summed E-state index contributed by atoms with van der Waals surface area (Å²) in [7, 11) is 0. The number of pyridine rings is 3. The number of hydrogen-bond donors (Lipinski definition) is 2. The normalized spacial score (nSPS) is 11.1. The smallest absolute Gasteiger partial charge is 0.267 e. The molecule has 1 amide bonds. The minimum atomic E-state index is -0.477. The molecule has 32 heavy (non-hydrogen) atoms. The quantitative estimate of drug-likeness (QED) is 0.417. The highest BCUT2D eigenvalue weighted by Gasteiger charge is 2.18. The van der Waals surface area contributed by atoms with Crippen LogP contribution in [0.3, 0.4) is 0 Å². The Morgan fingerprint density at radius 1 is 1.12 bits per heavy atom. The van der Waals surface area contributed by atoms with Gasteiger partial charge in [-0.15, -0.1) is 0 Å². The summed E-state index contributed by atoms with van der Waals surface area (Å²) in [6.07, 6.45) is 6.45. The Bertz CT molecular complexity index is 1550. The molecule has 0 spiro atoms. The van der Waals surface area contributed by atoms with E-state index in [1.807, 2.05) is 12.1 Å². The molecule has 0 bridgehead atoms. The number of rotatable bonds is 5. The second kappa shape index (κ2) is 7.95. The summed E-state index contributed by atoms with van der Waals surface area (Å²) in [5.41, 5.74) is 1.39. The van der Waals surface area contributed by atoms with Crippen LogP contribution >= 0.6 is 0 Å². The van der Waals surface area contributed by atoms with Crippen molar-refractivity contribution in [3.05, 3.63) is 106 Å². The Labute approximate surface area is 181 Å². The van der Waals surface area contributed by atoms with Crippen LogP contribution in [0.2, 0.25) is 0 Å². The number of aromatic nitrogens is 4. The number of amides is 1. The van der Waals surface area contributed by atoms with Crippen molar-refractivity contribution < 1.29 is 9.21 Å². The topological polar surface area (TPSA) is 118 Å². The monoisotopic (exact) mass is 426 g/mol. The second-order valence-corrected chi connectivity index (χ2v) is 7.19. The summed E-state index contributed by atoms with van der Waals surface area (Å²) in [6.45, 7) is 0.426. The molecule has 158 valence electrons. The van der Waals surface area contributed by atoms with Crippen LogP contribution in [-0.2, 0) is 13.1 Å². The van der Waals surface area contributed by atoms with E-state index < -0.39 is 5.91 Å². The zero-order chi connectivity index (χ0) is 22.1. The Morgan fingerprint density at radius 3 is 2.75 bits per heavy atom. The highest BCUT2D eigenvalue weighted by molar-refractivity contribution is 5.96. The fraction of sp³-hybridized carbons (Fsp3) is 0.0870. The number of nitrogens with zero attached hydrogens (tertiary/aromatic N) is 4. The molecule has 0 aliphatic carbocycles. The standard InChI is InChI=1S/C23H18N6O3/c24-20-17(22(30)26-13-16-4-3-11-32-16)12-18-21(29(20)14-15-6-8-25-9-7-15)27-19-5-1-2-10-28(19)23(18)31/h1-12,24H,13-14H2,(H,26,30). The molecule has 0 aromatic carbocycles. The van der Waals surface area contributed by atoms with Crippen LogP contribution in [-0.4, -0.2) is 24.8 Å². The highest BCUT2D eigenvalue weighted by atomic mass is 16.3. The molecule has 0 unspecified atom stereocenters. The van der Waals surface area contributed by atoms with E-state index in [-0.39, 0.29) is 35.1 Å². The third-order valence-corrected chi connectivity index (χ3v) is 5.16. The third-order valence-electron chi connectivity index (χ3n) is 5.16. The lowest BCUT2D eigenvalue weighted by molar-refractivity contribution is 0.0945.